The maximum atomic E-state index is 12.2. The van der Waals surface area contributed by atoms with Crippen LogP contribution in [0.15, 0.2) is 67.0 Å². The lowest BCUT2D eigenvalue weighted by Crippen LogP contribution is -2.35. The highest BCUT2D eigenvalue weighted by atomic mass is 16.5. The van der Waals surface area contributed by atoms with Crippen LogP contribution in [0, 0.1) is 11.8 Å². The number of nitrogens with one attached hydrogen (secondary N) is 1. The van der Waals surface area contributed by atoms with Crippen molar-refractivity contribution in [2.45, 2.75) is 6.54 Å². The van der Waals surface area contributed by atoms with Crippen LogP contribution in [-0.2, 0) is 11.3 Å². The van der Waals surface area contributed by atoms with E-state index in [2.05, 4.69) is 39.2 Å². The first-order valence-corrected chi connectivity index (χ1v) is 10.1. The van der Waals surface area contributed by atoms with E-state index in [0.29, 0.717) is 16.8 Å². The number of pyridine rings is 1. The van der Waals surface area contributed by atoms with E-state index in [9.17, 15) is 9.90 Å². The van der Waals surface area contributed by atoms with Gasteiger partial charge in [0.05, 0.1) is 24.5 Å². The van der Waals surface area contributed by atoms with Crippen molar-refractivity contribution in [1.82, 2.24) is 9.88 Å². The standard InChI is InChI=1S/C25H23N3O3/c29-24-16-20(9-10-23(24)27-25(30)22-2-1-11-26-17-22)6-3-19-4-7-21(8-5-19)18-28-12-14-31-15-13-28/h1-2,4-5,7-11,16-17,29H,12-15,18H2,(H,27,30). The van der Waals surface area contributed by atoms with Gasteiger partial charge in [-0.3, -0.25) is 14.7 Å². The Balaban J connectivity index is 1.38. The van der Waals surface area contributed by atoms with Gasteiger partial charge in [0.25, 0.3) is 5.91 Å². The fourth-order valence-electron chi connectivity index (χ4n) is 3.26. The van der Waals surface area contributed by atoms with Crippen LogP contribution < -0.4 is 5.32 Å². The van der Waals surface area contributed by atoms with Crippen LogP contribution in [0.25, 0.3) is 0 Å². The summed E-state index contributed by atoms with van der Waals surface area (Å²) in [4.78, 5) is 18.5. The third kappa shape index (κ3) is 5.70. The van der Waals surface area contributed by atoms with E-state index in [0.717, 1.165) is 38.4 Å². The van der Waals surface area contributed by atoms with E-state index in [1.807, 2.05) is 12.1 Å². The van der Waals surface area contributed by atoms with E-state index in [4.69, 9.17) is 4.74 Å². The number of hydrogen-bond donors (Lipinski definition) is 2. The van der Waals surface area contributed by atoms with Crippen LogP contribution in [0.3, 0.4) is 0 Å². The molecule has 6 heteroatoms. The minimum atomic E-state index is -0.334. The summed E-state index contributed by atoms with van der Waals surface area (Å²) in [7, 11) is 0. The average molecular weight is 413 g/mol. The highest BCUT2D eigenvalue weighted by molar-refractivity contribution is 6.04. The minimum absolute atomic E-state index is 0.0371. The second kappa shape index (κ2) is 9.90. The molecule has 1 saturated heterocycles. The Labute approximate surface area is 181 Å². The van der Waals surface area contributed by atoms with Gasteiger partial charge in [-0.25, -0.2) is 0 Å². The molecule has 4 rings (SSSR count). The summed E-state index contributed by atoms with van der Waals surface area (Å²) in [5, 5.41) is 12.9. The number of carbonyl (C=O) groups excluding carboxylic acids is 1. The van der Waals surface area contributed by atoms with Gasteiger partial charge in [0.1, 0.15) is 5.75 Å². The highest BCUT2D eigenvalue weighted by Gasteiger charge is 2.11. The Morgan fingerprint density at radius 3 is 2.52 bits per heavy atom. The molecule has 1 aliphatic heterocycles. The fraction of sp³-hybridized carbons (Fsp3) is 0.200. The monoisotopic (exact) mass is 413 g/mol. The zero-order valence-corrected chi connectivity index (χ0v) is 17.0. The van der Waals surface area contributed by atoms with Crippen molar-refractivity contribution in [2.24, 2.45) is 0 Å². The molecule has 0 saturated carbocycles. The van der Waals surface area contributed by atoms with E-state index in [1.54, 1.807) is 36.5 Å². The van der Waals surface area contributed by atoms with Crippen LogP contribution >= 0.6 is 0 Å². The number of rotatable bonds is 4. The Morgan fingerprint density at radius 1 is 1.06 bits per heavy atom. The van der Waals surface area contributed by atoms with E-state index in [-0.39, 0.29) is 11.7 Å². The smallest absolute Gasteiger partial charge is 0.257 e. The van der Waals surface area contributed by atoms with Crippen molar-refractivity contribution in [3.8, 4) is 17.6 Å². The first kappa shape index (κ1) is 20.6. The number of aromatic hydroxyl groups is 1. The molecule has 0 radical (unpaired) electrons. The molecular weight excluding hydrogens is 390 g/mol. The quantitative estimate of drug-likeness (QED) is 0.507. The van der Waals surface area contributed by atoms with Crippen molar-refractivity contribution in [3.05, 3.63) is 89.2 Å². The Bertz CT molecular complexity index is 1100. The Kier molecular flexibility index (Phi) is 6.58. The number of carbonyl (C=O) groups is 1. The molecule has 31 heavy (non-hydrogen) atoms. The van der Waals surface area contributed by atoms with Crippen molar-refractivity contribution >= 4 is 11.6 Å². The van der Waals surface area contributed by atoms with Gasteiger partial charge < -0.3 is 15.2 Å². The Hall–Kier alpha value is -3.66. The number of morpholine rings is 1. The summed E-state index contributed by atoms with van der Waals surface area (Å²) in [5.74, 6) is 5.80. The van der Waals surface area contributed by atoms with E-state index in [1.165, 1.54) is 11.8 Å². The maximum absolute atomic E-state index is 12.2. The van der Waals surface area contributed by atoms with Gasteiger partial charge in [0, 0.05) is 43.2 Å². The molecule has 1 fully saturated rings. The number of phenolic OH excluding ortho intramolecular Hbond substituents is 1. The minimum Gasteiger partial charge on any atom is -0.506 e. The molecule has 1 aromatic heterocycles. The van der Waals surface area contributed by atoms with Crippen LogP contribution in [0.4, 0.5) is 5.69 Å². The van der Waals surface area contributed by atoms with Crippen molar-refractivity contribution in [2.75, 3.05) is 31.6 Å². The molecule has 6 nitrogen and oxygen atoms in total. The highest BCUT2D eigenvalue weighted by Crippen LogP contribution is 2.24. The number of aromatic nitrogens is 1. The van der Waals surface area contributed by atoms with Gasteiger partial charge in [-0.15, -0.1) is 0 Å². The largest absolute Gasteiger partial charge is 0.506 e. The lowest BCUT2D eigenvalue weighted by Gasteiger charge is -2.26. The van der Waals surface area contributed by atoms with Gasteiger partial charge in [-0.05, 0) is 48.0 Å². The molecule has 1 aliphatic rings. The molecule has 0 atom stereocenters. The number of benzene rings is 2. The van der Waals surface area contributed by atoms with Gasteiger partial charge in [-0.1, -0.05) is 24.0 Å². The lowest BCUT2D eigenvalue weighted by atomic mass is 10.1. The van der Waals surface area contributed by atoms with E-state index < -0.39 is 0 Å². The topological polar surface area (TPSA) is 74.7 Å². The molecular formula is C25H23N3O3. The predicted molar refractivity (Wildman–Crippen MR) is 119 cm³/mol. The van der Waals surface area contributed by atoms with Crippen LogP contribution in [0.1, 0.15) is 27.0 Å². The summed E-state index contributed by atoms with van der Waals surface area (Å²) in [6, 6.07) is 16.5. The SMILES string of the molecule is O=C(Nc1ccc(C#Cc2ccc(CN3CCOCC3)cc2)cc1O)c1cccnc1. The number of anilines is 1. The zero-order chi connectivity index (χ0) is 21.5. The fourth-order valence-corrected chi connectivity index (χ4v) is 3.26. The molecule has 0 unspecified atom stereocenters. The lowest BCUT2D eigenvalue weighted by molar-refractivity contribution is 0.0342. The summed E-state index contributed by atoms with van der Waals surface area (Å²) < 4.78 is 5.38. The van der Waals surface area contributed by atoms with E-state index >= 15 is 0 Å². The number of nitrogens with zero attached hydrogens (tertiary/aromatic N) is 2. The maximum Gasteiger partial charge on any atom is 0.257 e. The molecule has 0 bridgehead atoms. The van der Waals surface area contributed by atoms with Gasteiger partial charge in [0.2, 0.25) is 0 Å². The normalized spacial score (nSPS) is 13.8. The number of phenols is 1. The first-order chi connectivity index (χ1) is 15.2. The number of ether oxygens (including phenoxy) is 1. The molecule has 156 valence electrons. The third-order valence-electron chi connectivity index (χ3n) is 4.98. The number of amides is 1. The Morgan fingerprint density at radius 2 is 1.81 bits per heavy atom. The van der Waals surface area contributed by atoms with Gasteiger partial charge in [0.15, 0.2) is 0 Å². The first-order valence-electron chi connectivity index (χ1n) is 10.1. The summed E-state index contributed by atoms with van der Waals surface area (Å²) in [6.07, 6.45) is 3.07. The molecule has 1 amide bonds. The summed E-state index contributed by atoms with van der Waals surface area (Å²) in [6.45, 7) is 4.43. The number of hydrogen-bond acceptors (Lipinski definition) is 5. The van der Waals surface area contributed by atoms with Crippen LogP contribution in [0.2, 0.25) is 0 Å². The average Bonchev–Trinajstić information content (AvgIpc) is 2.81. The summed E-state index contributed by atoms with van der Waals surface area (Å²) >= 11 is 0. The van der Waals surface area contributed by atoms with Crippen molar-refractivity contribution < 1.29 is 14.6 Å². The summed E-state index contributed by atoms with van der Waals surface area (Å²) in [5.41, 5.74) is 3.56. The predicted octanol–water partition coefficient (Wildman–Crippen LogP) is 3.27. The van der Waals surface area contributed by atoms with Crippen molar-refractivity contribution in [3.63, 3.8) is 0 Å². The van der Waals surface area contributed by atoms with Crippen LogP contribution in [0.5, 0.6) is 5.75 Å². The molecule has 0 spiro atoms. The van der Waals surface area contributed by atoms with Crippen molar-refractivity contribution in [1.29, 1.82) is 0 Å². The molecule has 2 N–H and O–H groups in total. The third-order valence-corrected chi connectivity index (χ3v) is 4.98. The second-order valence-electron chi connectivity index (χ2n) is 7.26. The molecule has 0 aliphatic carbocycles. The van der Waals surface area contributed by atoms with Crippen LogP contribution in [-0.4, -0.2) is 47.2 Å². The van der Waals surface area contributed by atoms with Gasteiger partial charge in [-0.2, -0.15) is 0 Å². The molecule has 2 aromatic carbocycles. The zero-order valence-electron chi connectivity index (χ0n) is 17.0. The molecule has 2 heterocycles. The van der Waals surface area contributed by atoms with Gasteiger partial charge >= 0.3 is 0 Å². The second-order valence-corrected chi connectivity index (χ2v) is 7.26. The molecule has 3 aromatic rings.